The van der Waals surface area contributed by atoms with Gasteiger partial charge in [0.05, 0.1) is 52.7 Å². The van der Waals surface area contributed by atoms with Crippen LogP contribution in [0.2, 0.25) is 15.1 Å². The van der Waals surface area contributed by atoms with Crippen molar-refractivity contribution in [2.45, 2.75) is 50.9 Å². The zero-order chi connectivity index (χ0) is 39.5. The molecule has 12 nitrogen and oxygen atoms in total. The number of pyridine rings is 2. The third-order valence-corrected chi connectivity index (χ3v) is 11.2. The molecule has 2 atom stereocenters. The Balaban J connectivity index is 1.15. The van der Waals surface area contributed by atoms with Crippen LogP contribution in [0.25, 0.3) is 44.5 Å². The van der Waals surface area contributed by atoms with E-state index in [0.717, 1.165) is 17.4 Å². The maximum Gasteiger partial charge on any atom is 0.407 e. The van der Waals surface area contributed by atoms with Gasteiger partial charge in [-0.2, -0.15) is 0 Å². The zero-order valence-corrected chi connectivity index (χ0v) is 32.9. The van der Waals surface area contributed by atoms with Gasteiger partial charge in [0.1, 0.15) is 11.5 Å². The van der Waals surface area contributed by atoms with E-state index in [2.05, 4.69) is 20.9 Å². The highest BCUT2D eigenvalue weighted by Crippen LogP contribution is 2.43. The SMILES string of the molecule is COc1cc(-c2nccc(-c3cccc(-c4ccc5c(OC)c(CNC[C@@H]6CCC(=O)N6)cc(Cl)c5n4)c3Cl)c2Cl)ccc1CN(C[C@@H]1CCC(=O)N1)C(=O)O. The number of hydrogen-bond donors (Lipinski definition) is 4. The van der Waals surface area contributed by atoms with Gasteiger partial charge in [-0.3, -0.25) is 14.6 Å². The average Bonchev–Trinajstić information content (AvgIpc) is 3.81. The lowest BCUT2D eigenvalue weighted by Crippen LogP contribution is -2.41. The van der Waals surface area contributed by atoms with Gasteiger partial charge in [0.15, 0.2) is 0 Å². The van der Waals surface area contributed by atoms with E-state index >= 15 is 0 Å². The lowest BCUT2D eigenvalue weighted by atomic mass is 9.98. The molecule has 56 heavy (non-hydrogen) atoms. The van der Waals surface area contributed by atoms with Gasteiger partial charge in [-0.1, -0.05) is 65.1 Å². The van der Waals surface area contributed by atoms with Crippen molar-refractivity contribution in [1.29, 1.82) is 0 Å². The molecule has 0 bridgehead atoms. The smallest absolute Gasteiger partial charge is 0.407 e. The molecular weight excluding hydrogens is 779 g/mol. The molecule has 3 aromatic carbocycles. The Morgan fingerprint density at radius 3 is 2.32 bits per heavy atom. The van der Waals surface area contributed by atoms with Crippen LogP contribution in [0.15, 0.2) is 66.9 Å². The van der Waals surface area contributed by atoms with Crippen molar-refractivity contribution < 1.29 is 29.0 Å². The number of halogens is 3. The second-order valence-electron chi connectivity index (χ2n) is 13.8. The number of benzene rings is 3. The Morgan fingerprint density at radius 1 is 0.893 bits per heavy atom. The van der Waals surface area contributed by atoms with Crippen LogP contribution < -0.4 is 25.4 Å². The van der Waals surface area contributed by atoms with Crippen molar-refractivity contribution in [3.8, 4) is 45.1 Å². The molecule has 2 aliphatic heterocycles. The van der Waals surface area contributed by atoms with Crippen molar-refractivity contribution in [3.05, 3.63) is 93.1 Å². The van der Waals surface area contributed by atoms with Crippen molar-refractivity contribution in [2.24, 2.45) is 0 Å². The van der Waals surface area contributed by atoms with Crippen molar-refractivity contribution in [1.82, 2.24) is 30.8 Å². The molecule has 2 aromatic heterocycles. The average molecular weight is 818 g/mol. The highest BCUT2D eigenvalue weighted by atomic mass is 35.5. The molecule has 7 rings (SSSR count). The Kier molecular flexibility index (Phi) is 11.8. The number of fused-ring (bicyclic) bond motifs is 1. The highest BCUT2D eigenvalue weighted by molar-refractivity contribution is 6.39. The normalized spacial score (nSPS) is 16.5. The van der Waals surface area contributed by atoms with E-state index in [0.29, 0.717) is 104 Å². The Morgan fingerprint density at radius 2 is 1.62 bits per heavy atom. The number of carbonyl (C=O) groups is 3. The second-order valence-corrected chi connectivity index (χ2v) is 14.9. The van der Waals surface area contributed by atoms with Crippen LogP contribution in [-0.4, -0.2) is 77.3 Å². The largest absolute Gasteiger partial charge is 0.496 e. The summed E-state index contributed by atoms with van der Waals surface area (Å²) in [5, 5.41) is 21.1. The molecule has 4 heterocycles. The first-order chi connectivity index (χ1) is 27.0. The summed E-state index contributed by atoms with van der Waals surface area (Å²) in [6.07, 6.45) is 2.87. The van der Waals surface area contributed by atoms with Crippen LogP contribution in [0, 0.1) is 0 Å². The molecule has 3 amide bonds. The monoisotopic (exact) mass is 816 g/mol. The van der Waals surface area contributed by atoms with Crippen molar-refractivity contribution in [3.63, 3.8) is 0 Å². The molecule has 290 valence electrons. The number of amides is 3. The predicted octanol–water partition coefficient (Wildman–Crippen LogP) is 7.74. The van der Waals surface area contributed by atoms with Crippen LogP contribution in [0.4, 0.5) is 4.79 Å². The number of rotatable bonds is 13. The van der Waals surface area contributed by atoms with Crippen LogP contribution in [-0.2, 0) is 22.7 Å². The molecule has 0 spiro atoms. The van der Waals surface area contributed by atoms with Crippen LogP contribution in [0.1, 0.15) is 36.8 Å². The molecule has 0 saturated carbocycles. The minimum Gasteiger partial charge on any atom is -0.496 e. The summed E-state index contributed by atoms with van der Waals surface area (Å²) in [7, 11) is 3.13. The minimum atomic E-state index is -1.10. The van der Waals surface area contributed by atoms with E-state index in [1.807, 2.05) is 42.5 Å². The summed E-state index contributed by atoms with van der Waals surface area (Å²) < 4.78 is 11.5. The molecule has 0 aliphatic carbocycles. The fourth-order valence-electron chi connectivity index (χ4n) is 7.33. The van der Waals surface area contributed by atoms with Crippen molar-refractivity contribution >= 4 is 63.6 Å². The molecule has 15 heteroatoms. The molecule has 2 fully saturated rings. The number of carboxylic acid groups (broad SMARTS) is 1. The maximum absolute atomic E-state index is 12.1. The van der Waals surface area contributed by atoms with Crippen LogP contribution in [0.5, 0.6) is 11.5 Å². The van der Waals surface area contributed by atoms with Gasteiger partial charge in [0, 0.05) is 89.5 Å². The predicted molar refractivity (Wildman–Crippen MR) is 216 cm³/mol. The molecule has 2 aliphatic rings. The van der Waals surface area contributed by atoms with E-state index in [4.69, 9.17) is 49.3 Å². The van der Waals surface area contributed by atoms with Gasteiger partial charge in [-0.05, 0) is 43.2 Å². The van der Waals surface area contributed by atoms with Gasteiger partial charge in [-0.15, -0.1) is 0 Å². The topological polar surface area (TPSA) is 155 Å². The molecule has 5 aromatic rings. The molecular formula is C41H39Cl3N6O6. The minimum absolute atomic E-state index is 0.0658. The molecule has 0 unspecified atom stereocenters. The number of nitrogens with zero attached hydrogens (tertiary/aromatic N) is 3. The van der Waals surface area contributed by atoms with Crippen LogP contribution >= 0.6 is 34.8 Å². The van der Waals surface area contributed by atoms with Crippen molar-refractivity contribution in [2.75, 3.05) is 27.3 Å². The Bertz CT molecular complexity index is 2340. The lowest BCUT2D eigenvalue weighted by molar-refractivity contribution is -0.120. The van der Waals surface area contributed by atoms with Crippen LogP contribution in [0.3, 0.4) is 0 Å². The molecule has 0 radical (unpaired) electrons. The van der Waals surface area contributed by atoms with E-state index in [-0.39, 0.29) is 37.0 Å². The zero-order valence-electron chi connectivity index (χ0n) is 30.6. The summed E-state index contributed by atoms with van der Waals surface area (Å²) >= 11 is 21.1. The lowest BCUT2D eigenvalue weighted by Gasteiger charge is -2.24. The summed E-state index contributed by atoms with van der Waals surface area (Å²) in [6.45, 7) is 1.37. The molecule has 4 N–H and O–H groups in total. The summed E-state index contributed by atoms with van der Waals surface area (Å²) in [5.41, 5.74) is 5.83. The van der Waals surface area contributed by atoms with E-state index < -0.39 is 6.09 Å². The first-order valence-electron chi connectivity index (χ1n) is 18.1. The fourth-order valence-corrected chi connectivity index (χ4v) is 8.25. The third-order valence-electron chi connectivity index (χ3n) is 10.1. The standard InChI is InChI=1S/C41H39Cl3N6O6/c1-55-33-17-22(6-7-23(33)20-50(41(53)54)21-26-9-13-35(52)48-26)38-37(44)28(14-15-46-38)27-4-3-5-29(36(27)43)32-11-10-30-39(49-32)31(42)16-24(40(30)56-2)18-45-19-25-8-12-34(51)47-25/h3-7,10-11,14-17,25-26,45H,8-9,12-13,18-21H2,1-2H3,(H,47,51)(H,48,52)(H,53,54)/t25-,26-/m0/s1. The van der Waals surface area contributed by atoms with E-state index in [1.54, 1.807) is 31.5 Å². The number of nitrogens with one attached hydrogen (secondary N) is 3. The second kappa shape index (κ2) is 16.9. The third kappa shape index (κ3) is 8.20. The van der Waals surface area contributed by atoms with Gasteiger partial charge >= 0.3 is 6.09 Å². The number of carbonyl (C=O) groups excluding carboxylic acids is 2. The number of ether oxygens (including phenoxy) is 2. The van der Waals surface area contributed by atoms with Gasteiger partial charge < -0.3 is 35.4 Å². The van der Waals surface area contributed by atoms with E-state index in [9.17, 15) is 19.5 Å². The first kappa shape index (κ1) is 39.1. The fraction of sp³-hybridized carbons (Fsp3) is 0.293. The Labute approximate surface area is 338 Å². The number of hydrogen-bond acceptors (Lipinski definition) is 8. The van der Waals surface area contributed by atoms with Gasteiger partial charge in [0.25, 0.3) is 0 Å². The van der Waals surface area contributed by atoms with Gasteiger partial charge in [-0.25, -0.2) is 9.78 Å². The summed E-state index contributed by atoms with van der Waals surface area (Å²) in [5.74, 6) is 1.12. The quantitative estimate of drug-likeness (QED) is 0.0935. The van der Waals surface area contributed by atoms with Gasteiger partial charge in [0.2, 0.25) is 11.8 Å². The summed E-state index contributed by atoms with van der Waals surface area (Å²) in [4.78, 5) is 46.2. The number of aromatic nitrogens is 2. The van der Waals surface area contributed by atoms with E-state index in [1.165, 1.54) is 12.0 Å². The molecule has 2 saturated heterocycles. The maximum atomic E-state index is 12.1. The summed E-state index contributed by atoms with van der Waals surface area (Å²) in [6, 6.07) is 18.3. The Hall–Kier alpha value is -5.14. The number of methoxy groups -OCH3 is 2. The first-order valence-corrected chi connectivity index (χ1v) is 19.2. The highest BCUT2D eigenvalue weighted by Gasteiger charge is 2.27.